The normalized spacial score (nSPS) is 11.5. The van der Waals surface area contributed by atoms with E-state index in [0.717, 1.165) is 0 Å². The molecule has 0 amide bonds. The highest BCUT2D eigenvalue weighted by atomic mass is 28.3. The van der Waals surface area contributed by atoms with E-state index in [9.17, 15) is 0 Å². The van der Waals surface area contributed by atoms with Gasteiger partial charge < -0.3 is 0 Å². The molecular weight excluding hydrogens is 392 g/mol. The van der Waals surface area contributed by atoms with Crippen LogP contribution in [0.1, 0.15) is 87.5 Å². The van der Waals surface area contributed by atoms with Gasteiger partial charge in [0.25, 0.3) is 0 Å². The molecule has 166 valence electrons. The van der Waals surface area contributed by atoms with Gasteiger partial charge in [-0.05, 0) is 48.9 Å². The Balaban J connectivity index is 3.35. The van der Waals surface area contributed by atoms with Crippen LogP contribution >= 0.6 is 0 Å². The van der Waals surface area contributed by atoms with E-state index in [4.69, 9.17) is 0 Å². The van der Waals surface area contributed by atoms with Crippen molar-refractivity contribution in [3.05, 3.63) is 34.4 Å². The predicted octanol–water partition coefficient (Wildman–Crippen LogP) is 8.39. The maximum Gasteiger partial charge on any atom is 0.129 e. The van der Waals surface area contributed by atoms with E-state index >= 15 is 0 Å². The maximum atomic E-state index is 3.59. The Morgan fingerprint density at radius 1 is 0.567 bits per heavy atom. The quantitative estimate of drug-likeness (QED) is 0.195. The van der Waals surface area contributed by atoms with Gasteiger partial charge >= 0.3 is 0 Å². The number of benzene rings is 1. The second-order valence-electron chi connectivity index (χ2n) is 10.8. The lowest BCUT2D eigenvalue weighted by Gasteiger charge is -2.14. The summed E-state index contributed by atoms with van der Waals surface area (Å²) in [6.07, 6.45) is 12.9. The average molecular weight is 439 g/mol. The summed E-state index contributed by atoms with van der Waals surface area (Å²) in [5.74, 6) is 7.12. The average Bonchev–Trinajstić information content (AvgIpc) is 2.65. The summed E-state index contributed by atoms with van der Waals surface area (Å²) >= 11 is 0. The Morgan fingerprint density at radius 2 is 0.933 bits per heavy atom. The summed E-state index contributed by atoms with van der Waals surface area (Å²) in [6, 6.07) is 4.81. The van der Waals surface area contributed by atoms with Crippen LogP contribution in [0.5, 0.6) is 0 Å². The fourth-order valence-corrected chi connectivity index (χ4v) is 4.38. The zero-order valence-corrected chi connectivity index (χ0v) is 23.2. The van der Waals surface area contributed by atoms with Gasteiger partial charge in [-0.1, -0.05) is 103 Å². The van der Waals surface area contributed by atoms with E-state index in [0.29, 0.717) is 0 Å². The van der Waals surface area contributed by atoms with E-state index in [-0.39, 0.29) is 0 Å². The van der Waals surface area contributed by atoms with Crippen LogP contribution in [0.2, 0.25) is 39.3 Å². The monoisotopic (exact) mass is 438 g/mol. The largest absolute Gasteiger partial charge is 0.129 e. The molecule has 0 spiro atoms. The molecule has 0 atom stereocenters. The van der Waals surface area contributed by atoms with Crippen LogP contribution in [0.15, 0.2) is 12.1 Å². The standard InChI is InChI=1S/C28H46Si2/c1-9-11-13-15-17-25-23-27(19-21-29(3,4)5)28(20-22-30(6,7)8)24-26(25)18-16-14-12-10-2/h23-24H,9-18H2,1-8H3. The smallest absolute Gasteiger partial charge is 0.127 e. The lowest BCUT2D eigenvalue weighted by Crippen LogP contribution is -2.17. The fraction of sp³-hybridized carbons (Fsp3) is 0.643. The molecule has 0 radical (unpaired) electrons. The van der Waals surface area contributed by atoms with Crippen molar-refractivity contribution in [2.24, 2.45) is 0 Å². The topological polar surface area (TPSA) is 0 Å². The van der Waals surface area contributed by atoms with E-state index in [1.807, 2.05) is 0 Å². The molecule has 30 heavy (non-hydrogen) atoms. The summed E-state index contributed by atoms with van der Waals surface area (Å²) in [5, 5.41) is 0. The zero-order chi connectivity index (χ0) is 22.6. The third kappa shape index (κ3) is 11.8. The Morgan fingerprint density at radius 3 is 1.23 bits per heavy atom. The number of hydrogen-bond acceptors (Lipinski definition) is 0. The van der Waals surface area contributed by atoms with E-state index in [1.54, 1.807) is 0 Å². The molecule has 0 heterocycles. The molecule has 0 unspecified atom stereocenters. The van der Waals surface area contributed by atoms with Gasteiger partial charge in [0.05, 0.1) is 0 Å². The Kier molecular flexibility index (Phi) is 11.8. The van der Waals surface area contributed by atoms with Crippen LogP contribution in [0.25, 0.3) is 0 Å². The minimum absolute atomic E-state index is 1.17. The van der Waals surface area contributed by atoms with E-state index in [1.165, 1.54) is 86.5 Å². The minimum Gasteiger partial charge on any atom is -0.127 e. The highest BCUT2D eigenvalue weighted by Crippen LogP contribution is 2.22. The number of rotatable bonds is 10. The molecule has 0 bridgehead atoms. The minimum atomic E-state index is -1.42. The van der Waals surface area contributed by atoms with Gasteiger partial charge in [0, 0.05) is 11.1 Å². The molecule has 0 aliphatic carbocycles. The molecule has 0 N–H and O–H groups in total. The number of unbranched alkanes of at least 4 members (excludes halogenated alkanes) is 6. The zero-order valence-electron chi connectivity index (χ0n) is 21.2. The van der Waals surface area contributed by atoms with Crippen molar-refractivity contribution in [2.45, 2.75) is 117 Å². The fourth-order valence-electron chi connectivity index (χ4n) is 3.36. The van der Waals surface area contributed by atoms with Crippen molar-refractivity contribution >= 4 is 16.1 Å². The second kappa shape index (κ2) is 13.2. The summed E-state index contributed by atoms with van der Waals surface area (Å²) < 4.78 is 0. The first-order valence-corrected chi connectivity index (χ1v) is 19.3. The van der Waals surface area contributed by atoms with Crippen molar-refractivity contribution in [3.8, 4) is 22.9 Å². The number of hydrogen-bond donors (Lipinski definition) is 0. The first-order chi connectivity index (χ1) is 14.1. The van der Waals surface area contributed by atoms with Gasteiger partial charge in [-0.25, -0.2) is 0 Å². The van der Waals surface area contributed by atoms with Gasteiger partial charge in [0.15, 0.2) is 0 Å². The Hall–Kier alpha value is -1.23. The Labute approximate surface area is 190 Å². The van der Waals surface area contributed by atoms with Crippen LogP contribution in [-0.2, 0) is 12.8 Å². The lowest BCUT2D eigenvalue weighted by molar-refractivity contribution is 0.650. The van der Waals surface area contributed by atoms with Crippen molar-refractivity contribution in [1.82, 2.24) is 0 Å². The predicted molar refractivity (Wildman–Crippen MR) is 143 cm³/mol. The molecule has 0 saturated heterocycles. The number of aryl methyl sites for hydroxylation is 2. The van der Waals surface area contributed by atoms with Crippen LogP contribution in [0.3, 0.4) is 0 Å². The second-order valence-corrected chi connectivity index (χ2v) is 20.3. The van der Waals surface area contributed by atoms with Crippen molar-refractivity contribution in [1.29, 1.82) is 0 Å². The molecule has 1 aromatic rings. The molecule has 0 aromatic heterocycles. The first kappa shape index (κ1) is 26.8. The first-order valence-electron chi connectivity index (χ1n) is 12.3. The van der Waals surface area contributed by atoms with Crippen LogP contribution < -0.4 is 0 Å². The Bertz CT molecular complexity index is 701. The van der Waals surface area contributed by atoms with Gasteiger partial charge in [0.1, 0.15) is 16.1 Å². The van der Waals surface area contributed by atoms with Crippen LogP contribution in [-0.4, -0.2) is 16.1 Å². The van der Waals surface area contributed by atoms with Gasteiger partial charge in [-0.2, -0.15) is 0 Å². The summed E-state index contributed by atoms with van der Waals surface area (Å²) in [7, 11) is -2.84. The molecule has 2 heteroatoms. The summed E-state index contributed by atoms with van der Waals surface area (Å²) in [5.41, 5.74) is 12.6. The highest BCUT2D eigenvalue weighted by Gasteiger charge is 2.12. The molecule has 0 nitrogen and oxygen atoms in total. The van der Waals surface area contributed by atoms with Crippen molar-refractivity contribution in [2.75, 3.05) is 0 Å². The van der Waals surface area contributed by atoms with E-state index < -0.39 is 16.1 Å². The third-order valence-corrected chi connectivity index (χ3v) is 6.83. The van der Waals surface area contributed by atoms with Gasteiger partial charge in [-0.3, -0.25) is 0 Å². The third-order valence-electron chi connectivity index (χ3n) is 5.08. The molecule has 0 aliphatic rings. The van der Waals surface area contributed by atoms with Crippen LogP contribution in [0, 0.1) is 22.9 Å². The van der Waals surface area contributed by atoms with E-state index in [2.05, 4.69) is 88.2 Å². The molecule has 0 aliphatic heterocycles. The lowest BCUT2D eigenvalue weighted by atomic mass is 9.92. The molecular formula is C28H46Si2. The SMILES string of the molecule is CCCCCCc1cc(C#C[Si](C)(C)C)c(C#C[Si](C)(C)C)cc1CCCCCC. The molecule has 1 aromatic carbocycles. The molecule has 0 fully saturated rings. The van der Waals surface area contributed by atoms with Crippen LogP contribution in [0.4, 0.5) is 0 Å². The maximum absolute atomic E-state index is 3.59. The molecule has 0 saturated carbocycles. The van der Waals surface area contributed by atoms with Gasteiger partial charge in [0.2, 0.25) is 0 Å². The van der Waals surface area contributed by atoms with Crippen molar-refractivity contribution in [3.63, 3.8) is 0 Å². The molecule has 1 rings (SSSR count). The highest BCUT2D eigenvalue weighted by molar-refractivity contribution is 6.84. The summed E-state index contributed by atoms with van der Waals surface area (Å²) in [6.45, 7) is 18.5. The summed E-state index contributed by atoms with van der Waals surface area (Å²) in [4.78, 5) is 0. The van der Waals surface area contributed by atoms with Crippen molar-refractivity contribution < 1.29 is 0 Å². The van der Waals surface area contributed by atoms with Gasteiger partial charge in [-0.15, -0.1) is 11.1 Å².